The van der Waals surface area contributed by atoms with Gasteiger partial charge in [-0.15, -0.1) is 0 Å². The van der Waals surface area contributed by atoms with Crippen molar-refractivity contribution in [2.45, 2.75) is 20.0 Å². The fourth-order valence-electron chi connectivity index (χ4n) is 1.99. The summed E-state index contributed by atoms with van der Waals surface area (Å²) in [5, 5.41) is 0. The van der Waals surface area contributed by atoms with E-state index in [1.165, 1.54) is 12.1 Å². The number of hydrogen-bond acceptors (Lipinski definition) is 3. The van der Waals surface area contributed by atoms with Gasteiger partial charge in [0.1, 0.15) is 5.82 Å². The van der Waals surface area contributed by atoms with Gasteiger partial charge in [0.15, 0.2) is 0 Å². The van der Waals surface area contributed by atoms with Gasteiger partial charge < -0.3 is 15.2 Å². The molecule has 0 saturated heterocycles. The minimum atomic E-state index is -0.216. The maximum Gasteiger partial charge on any atom is 0.123 e. The van der Waals surface area contributed by atoms with Gasteiger partial charge in [-0.1, -0.05) is 0 Å². The second kappa shape index (κ2) is 6.33. The first-order chi connectivity index (χ1) is 9.22. The average molecular weight is 262 g/mol. The Hall–Kier alpha value is -1.88. The molecule has 1 heterocycles. The van der Waals surface area contributed by atoms with Gasteiger partial charge >= 0.3 is 0 Å². The van der Waals surface area contributed by atoms with Crippen molar-refractivity contribution in [1.82, 2.24) is 9.55 Å². The summed E-state index contributed by atoms with van der Waals surface area (Å²) in [5.41, 5.74) is 7.49. The Balaban J connectivity index is 2.07. The highest BCUT2D eigenvalue weighted by molar-refractivity contribution is 5.46. The molecule has 1 aromatic carbocycles. The summed E-state index contributed by atoms with van der Waals surface area (Å²) in [7, 11) is 0. The molecule has 0 bridgehead atoms. The number of imidazole rings is 1. The van der Waals surface area contributed by atoms with Gasteiger partial charge in [-0.3, -0.25) is 0 Å². The number of benzene rings is 1. The van der Waals surface area contributed by atoms with Crippen molar-refractivity contribution in [3.8, 4) is 0 Å². The molecule has 19 heavy (non-hydrogen) atoms. The summed E-state index contributed by atoms with van der Waals surface area (Å²) < 4.78 is 14.9. The maximum atomic E-state index is 12.9. The molecule has 0 unspecified atom stereocenters. The topological polar surface area (TPSA) is 47.1 Å². The predicted molar refractivity (Wildman–Crippen MR) is 74.4 cm³/mol. The van der Waals surface area contributed by atoms with Crippen LogP contribution in [0.5, 0.6) is 0 Å². The van der Waals surface area contributed by atoms with E-state index in [4.69, 9.17) is 5.73 Å². The Morgan fingerprint density at radius 3 is 2.68 bits per heavy atom. The lowest BCUT2D eigenvalue weighted by Crippen LogP contribution is -2.22. The molecule has 0 radical (unpaired) electrons. The van der Waals surface area contributed by atoms with E-state index in [1.54, 1.807) is 18.5 Å². The Kier molecular flexibility index (Phi) is 4.52. The SMILES string of the molecule is CCN(Cc1cn(CCN)cn1)c1ccc(F)cc1. The molecule has 2 aromatic rings. The molecule has 0 aliphatic heterocycles. The first-order valence-corrected chi connectivity index (χ1v) is 6.44. The highest BCUT2D eigenvalue weighted by Crippen LogP contribution is 2.16. The van der Waals surface area contributed by atoms with Crippen LogP contribution in [-0.2, 0) is 13.1 Å². The van der Waals surface area contributed by atoms with E-state index < -0.39 is 0 Å². The number of rotatable bonds is 6. The van der Waals surface area contributed by atoms with Crippen molar-refractivity contribution in [2.24, 2.45) is 5.73 Å². The molecule has 5 heteroatoms. The van der Waals surface area contributed by atoms with Crippen LogP contribution in [0, 0.1) is 5.82 Å². The van der Waals surface area contributed by atoms with E-state index in [2.05, 4.69) is 16.8 Å². The standard InChI is InChI=1S/C14H19FN4/c1-2-19(14-5-3-12(15)4-6-14)10-13-9-18(8-7-16)11-17-13/h3-6,9,11H,2,7-8,10,16H2,1H3. The molecular formula is C14H19FN4. The van der Waals surface area contributed by atoms with Crippen molar-refractivity contribution in [1.29, 1.82) is 0 Å². The molecule has 102 valence electrons. The van der Waals surface area contributed by atoms with Crippen LogP contribution >= 0.6 is 0 Å². The largest absolute Gasteiger partial charge is 0.366 e. The van der Waals surface area contributed by atoms with E-state index in [1.807, 2.05) is 10.8 Å². The van der Waals surface area contributed by atoms with E-state index in [0.29, 0.717) is 13.1 Å². The van der Waals surface area contributed by atoms with Crippen molar-refractivity contribution < 1.29 is 4.39 Å². The Morgan fingerprint density at radius 1 is 1.32 bits per heavy atom. The Labute approximate surface area is 112 Å². The first kappa shape index (κ1) is 13.5. The maximum absolute atomic E-state index is 12.9. The number of nitrogens with zero attached hydrogens (tertiary/aromatic N) is 3. The third-order valence-electron chi connectivity index (χ3n) is 3.00. The fraction of sp³-hybridized carbons (Fsp3) is 0.357. The number of anilines is 1. The van der Waals surface area contributed by atoms with Crippen LogP contribution in [0.15, 0.2) is 36.8 Å². The van der Waals surface area contributed by atoms with Crippen molar-refractivity contribution in [3.05, 3.63) is 48.3 Å². The predicted octanol–water partition coefficient (Wildman–Crippen LogP) is 2.01. The van der Waals surface area contributed by atoms with Crippen LogP contribution in [0.2, 0.25) is 0 Å². The fourth-order valence-corrected chi connectivity index (χ4v) is 1.99. The Bertz CT molecular complexity index is 506. The third-order valence-corrected chi connectivity index (χ3v) is 3.00. The van der Waals surface area contributed by atoms with E-state index in [9.17, 15) is 4.39 Å². The van der Waals surface area contributed by atoms with E-state index in [0.717, 1.165) is 24.5 Å². The van der Waals surface area contributed by atoms with Crippen LogP contribution in [0.3, 0.4) is 0 Å². The van der Waals surface area contributed by atoms with E-state index >= 15 is 0 Å². The molecule has 1 aromatic heterocycles. The van der Waals surface area contributed by atoms with Crippen LogP contribution in [0.4, 0.5) is 10.1 Å². The molecule has 0 atom stereocenters. The third kappa shape index (κ3) is 3.54. The van der Waals surface area contributed by atoms with Crippen LogP contribution < -0.4 is 10.6 Å². The van der Waals surface area contributed by atoms with E-state index in [-0.39, 0.29) is 5.82 Å². The number of nitrogens with two attached hydrogens (primary N) is 1. The number of halogens is 1. The molecular weight excluding hydrogens is 243 g/mol. The van der Waals surface area contributed by atoms with Crippen LogP contribution in [0.25, 0.3) is 0 Å². The average Bonchev–Trinajstić information content (AvgIpc) is 2.85. The lowest BCUT2D eigenvalue weighted by atomic mass is 10.2. The molecule has 0 amide bonds. The monoisotopic (exact) mass is 262 g/mol. The number of hydrogen-bond donors (Lipinski definition) is 1. The molecule has 2 N–H and O–H groups in total. The van der Waals surface area contributed by atoms with Gasteiger partial charge in [0.05, 0.1) is 18.6 Å². The highest BCUT2D eigenvalue weighted by atomic mass is 19.1. The van der Waals surface area contributed by atoms with Crippen molar-refractivity contribution in [3.63, 3.8) is 0 Å². The second-order valence-corrected chi connectivity index (χ2v) is 4.38. The smallest absolute Gasteiger partial charge is 0.123 e. The lowest BCUT2D eigenvalue weighted by Gasteiger charge is -2.22. The molecule has 0 fully saturated rings. The molecule has 0 aliphatic carbocycles. The lowest BCUT2D eigenvalue weighted by molar-refractivity contribution is 0.627. The van der Waals surface area contributed by atoms with Gasteiger partial charge in [-0.05, 0) is 31.2 Å². The summed E-state index contributed by atoms with van der Waals surface area (Å²) in [6.07, 6.45) is 3.79. The first-order valence-electron chi connectivity index (χ1n) is 6.44. The van der Waals surface area contributed by atoms with Gasteiger partial charge in [0.2, 0.25) is 0 Å². The molecule has 4 nitrogen and oxygen atoms in total. The van der Waals surface area contributed by atoms with Crippen LogP contribution in [-0.4, -0.2) is 22.6 Å². The zero-order valence-corrected chi connectivity index (χ0v) is 11.1. The highest BCUT2D eigenvalue weighted by Gasteiger charge is 2.07. The normalized spacial score (nSPS) is 10.7. The number of aromatic nitrogens is 2. The van der Waals surface area contributed by atoms with Crippen LogP contribution in [0.1, 0.15) is 12.6 Å². The van der Waals surface area contributed by atoms with Gasteiger partial charge in [0, 0.05) is 31.5 Å². The van der Waals surface area contributed by atoms with Gasteiger partial charge in [-0.2, -0.15) is 0 Å². The van der Waals surface area contributed by atoms with Crippen molar-refractivity contribution in [2.75, 3.05) is 18.0 Å². The summed E-state index contributed by atoms with van der Waals surface area (Å²) in [5.74, 6) is -0.216. The van der Waals surface area contributed by atoms with Gasteiger partial charge in [0.25, 0.3) is 0 Å². The minimum Gasteiger partial charge on any atom is -0.366 e. The molecule has 0 spiro atoms. The second-order valence-electron chi connectivity index (χ2n) is 4.38. The molecule has 2 rings (SSSR count). The quantitative estimate of drug-likeness (QED) is 0.866. The van der Waals surface area contributed by atoms with Gasteiger partial charge in [-0.25, -0.2) is 9.37 Å². The zero-order chi connectivity index (χ0) is 13.7. The summed E-state index contributed by atoms with van der Waals surface area (Å²) in [6, 6.07) is 6.53. The summed E-state index contributed by atoms with van der Waals surface area (Å²) in [4.78, 5) is 6.50. The minimum absolute atomic E-state index is 0.216. The zero-order valence-electron chi connectivity index (χ0n) is 11.1. The molecule has 0 saturated carbocycles. The molecule has 0 aliphatic rings. The van der Waals surface area contributed by atoms with Crippen molar-refractivity contribution >= 4 is 5.69 Å². The summed E-state index contributed by atoms with van der Waals surface area (Å²) in [6.45, 7) is 5.00. The Morgan fingerprint density at radius 2 is 2.05 bits per heavy atom. The summed E-state index contributed by atoms with van der Waals surface area (Å²) >= 11 is 0.